The van der Waals surface area contributed by atoms with Crippen molar-refractivity contribution in [2.24, 2.45) is 0 Å². The first kappa shape index (κ1) is 19.2. The molecule has 0 saturated heterocycles. The molecule has 2 N–H and O–H groups in total. The Morgan fingerprint density at radius 2 is 1.73 bits per heavy atom. The number of carbonyl (C=O) groups is 3. The van der Waals surface area contributed by atoms with E-state index in [2.05, 4.69) is 5.32 Å². The van der Waals surface area contributed by atoms with Crippen molar-refractivity contribution >= 4 is 17.7 Å². The third-order valence-electron chi connectivity index (χ3n) is 3.74. The average Bonchev–Trinajstić information content (AvgIpc) is 2.57. The molecule has 0 heterocycles. The maximum absolute atomic E-state index is 12.1. The van der Waals surface area contributed by atoms with E-state index < -0.39 is 17.9 Å². The van der Waals surface area contributed by atoms with Crippen molar-refractivity contribution in [2.75, 3.05) is 6.61 Å². The summed E-state index contributed by atoms with van der Waals surface area (Å²) in [4.78, 5) is 35.1. The van der Waals surface area contributed by atoms with E-state index in [0.29, 0.717) is 16.9 Å². The van der Waals surface area contributed by atoms with Crippen molar-refractivity contribution in [1.82, 2.24) is 5.32 Å². The number of nitrogens with one attached hydrogen (secondary N) is 1. The van der Waals surface area contributed by atoms with Gasteiger partial charge in [0.1, 0.15) is 5.75 Å². The van der Waals surface area contributed by atoms with Crippen LogP contribution in [0, 0.1) is 13.8 Å². The minimum absolute atomic E-state index is 0.110. The van der Waals surface area contributed by atoms with Gasteiger partial charge >= 0.3 is 5.97 Å². The number of amides is 1. The number of aryl methyl sites for hydroxylation is 2. The van der Waals surface area contributed by atoms with Gasteiger partial charge in [0, 0.05) is 5.56 Å². The first-order chi connectivity index (χ1) is 12.3. The molecule has 0 aromatic heterocycles. The third-order valence-corrected chi connectivity index (χ3v) is 3.74. The number of rotatable bonds is 7. The summed E-state index contributed by atoms with van der Waals surface area (Å²) in [5.41, 5.74) is 2.80. The second-order valence-electron chi connectivity index (χ2n) is 6.13. The summed E-state index contributed by atoms with van der Waals surface area (Å²) in [7, 11) is 0. The highest BCUT2D eigenvalue weighted by atomic mass is 16.5. The maximum atomic E-state index is 12.1. The van der Waals surface area contributed by atoms with Crippen molar-refractivity contribution in [3.8, 4) is 5.75 Å². The zero-order valence-corrected chi connectivity index (χ0v) is 14.9. The molecule has 26 heavy (non-hydrogen) atoms. The van der Waals surface area contributed by atoms with Gasteiger partial charge in [0.15, 0.2) is 18.4 Å². The Morgan fingerprint density at radius 1 is 1.08 bits per heavy atom. The summed E-state index contributed by atoms with van der Waals surface area (Å²) >= 11 is 0. The quantitative estimate of drug-likeness (QED) is 0.745. The van der Waals surface area contributed by atoms with Crippen LogP contribution in [-0.4, -0.2) is 29.4 Å². The van der Waals surface area contributed by atoms with Crippen LogP contribution in [-0.2, 0) is 9.59 Å². The molecular weight excluding hydrogens is 334 g/mol. The minimum Gasteiger partial charge on any atom is -0.484 e. The predicted molar refractivity (Wildman–Crippen MR) is 96.4 cm³/mol. The molecule has 6 nitrogen and oxygen atoms in total. The largest absolute Gasteiger partial charge is 0.484 e. The number of hydrogen-bond acceptors (Lipinski definition) is 4. The fraction of sp³-hybridized carbons (Fsp3) is 0.250. The Bertz CT molecular complexity index is 824. The third kappa shape index (κ3) is 5.17. The van der Waals surface area contributed by atoms with Crippen molar-refractivity contribution in [3.63, 3.8) is 0 Å². The van der Waals surface area contributed by atoms with E-state index in [1.54, 1.807) is 30.3 Å². The van der Waals surface area contributed by atoms with Crippen LogP contribution in [0.15, 0.2) is 42.5 Å². The van der Waals surface area contributed by atoms with Gasteiger partial charge in [-0.3, -0.25) is 9.59 Å². The highest BCUT2D eigenvalue weighted by Gasteiger charge is 2.22. The molecule has 0 aliphatic rings. The number of ether oxygens (including phenoxy) is 1. The van der Waals surface area contributed by atoms with E-state index in [1.807, 2.05) is 19.9 Å². The summed E-state index contributed by atoms with van der Waals surface area (Å²) in [5.74, 6) is -1.46. The lowest BCUT2D eigenvalue weighted by Gasteiger charge is -2.16. The Kier molecular flexibility index (Phi) is 6.11. The van der Waals surface area contributed by atoms with E-state index in [4.69, 9.17) is 4.74 Å². The number of carboxylic acids is 1. The van der Waals surface area contributed by atoms with Crippen LogP contribution < -0.4 is 10.1 Å². The molecular formula is C20H21NO5. The number of carbonyl (C=O) groups excluding carboxylic acids is 2. The molecule has 0 bridgehead atoms. The van der Waals surface area contributed by atoms with Crippen LogP contribution in [0.1, 0.15) is 40.0 Å². The summed E-state index contributed by atoms with van der Waals surface area (Å²) in [6, 6.07) is 10.7. The fourth-order valence-electron chi connectivity index (χ4n) is 2.62. The zero-order chi connectivity index (χ0) is 19.3. The van der Waals surface area contributed by atoms with E-state index in [9.17, 15) is 19.5 Å². The molecule has 0 spiro atoms. The highest BCUT2D eigenvalue weighted by Crippen LogP contribution is 2.18. The molecule has 2 aromatic carbocycles. The standard InChI is InChI=1S/C20H21NO5/c1-12-7-13(2)9-16(8-12)19(20(24)25)21-18(23)11-26-17-6-4-5-15(10-17)14(3)22/h4-10,19H,11H2,1-3H3,(H,21,23)(H,24,25). The van der Waals surface area contributed by atoms with Crippen LogP contribution in [0.2, 0.25) is 0 Å². The fourth-order valence-corrected chi connectivity index (χ4v) is 2.62. The first-order valence-electron chi connectivity index (χ1n) is 8.10. The highest BCUT2D eigenvalue weighted by molar-refractivity contribution is 5.94. The number of ketones is 1. The zero-order valence-electron chi connectivity index (χ0n) is 14.9. The molecule has 0 radical (unpaired) electrons. The second kappa shape index (κ2) is 8.29. The van der Waals surface area contributed by atoms with Gasteiger partial charge in [0.05, 0.1) is 0 Å². The van der Waals surface area contributed by atoms with Crippen molar-refractivity contribution in [3.05, 3.63) is 64.7 Å². The lowest BCUT2D eigenvalue weighted by Crippen LogP contribution is -2.36. The molecule has 1 amide bonds. The van der Waals surface area contributed by atoms with E-state index >= 15 is 0 Å². The van der Waals surface area contributed by atoms with E-state index in [-0.39, 0.29) is 12.4 Å². The Labute approximate surface area is 151 Å². The van der Waals surface area contributed by atoms with Gasteiger partial charge in [0.25, 0.3) is 5.91 Å². The Morgan fingerprint density at radius 3 is 2.31 bits per heavy atom. The van der Waals surface area contributed by atoms with Crippen molar-refractivity contribution in [1.29, 1.82) is 0 Å². The van der Waals surface area contributed by atoms with Crippen LogP contribution in [0.3, 0.4) is 0 Å². The second-order valence-corrected chi connectivity index (χ2v) is 6.13. The van der Waals surface area contributed by atoms with Gasteiger partial charge in [-0.05, 0) is 38.5 Å². The molecule has 0 aliphatic heterocycles. The number of benzene rings is 2. The molecule has 0 fully saturated rings. The van der Waals surface area contributed by atoms with Gasteiger partial charge in [-0.1, -0.05) is 41.5 Å². The Hall–Kier alpha value is -3.15. The lowest BCUT2D eigenvalue weighted by molar-refractivity contribution is -0.142. The predicted octanol–water partition coefficient (Wildman–Crippen LogP) is 2.83. The molecule has 2 rings (SSSR count). The molecule has 0 saturated carbocycles. The summed E-state index contributed by atoms with van der Waals surface area (Å²) in [5, 5.41) is 11.9. The van der Waals surface area contributed by atoms with Crippen molar-refractivity contribution in [2.45, 2.75) is 26.8 Å². The average molecular weight is 355 g/mol. The molecule has 1 unspecified atom stereocenters. The van der Waals surface area contributed by atoms with Crippen molar-refractivity contribution < 1.29 is 24.2 Å². The van der Waals surface area contributed by atoms with Gasteiger partial charge in [0.2, 0.25) is 0 Å². The first-order valence-corrected chi connectivity index (χ1v) is 8.10. The van der Waals surface area contributed by atoms with E-state index in [1.165, 1.54) is 13.0 Å². The normalized spacial score (nSPS) is 11.5. The number of aliphatic carboxylic acids is 1. The number of carboxylic acid groups (broad SMARTS) is 1. The van der Waals surface area contributed by atoms with Gasteiger partial charge in [-0.15, -0.1) is 0 Å². The topological polar surface area (TPSA) is 92.7 Å². The summed E-state index contributed by atoms with van der Waals surface area (Å²) in [6.07, 6.45) is 0. The van der Waals surface area contributed by atoms with Gasteiger partial charge in [-0.25, -0.2) is 4.79 Å². The number of hydrogen-bond donors (Lipinski definition) is 2. The lowest BCUT2D eigenvalue weighted by atomic mass is 10.0. The van der Waals surface area contributed by atoms with Crippen LogP contribution >= 0.6 is 0 Å². The molecule has 136 valence electrons. The summed E-state index contributed by atoms with van der Waals surface area (Å²) in [6.45, 7) is 4.81. The number of Topliss-reactive ketones (excluding diaryl/α,β-unsaturated/α-hetero) is 1. The summed E-state index contributed by atoms with van der Waals surface area (Å²) < 4.78 is 5.37. The SMILES string of the molecule is CC(=O)c1cccc(OCC(=O)NC(C(=O)O)c2cc(C)cc(C)c2)c1. The van der Waals surface area contributed by atoms with Crippen LogP contribution in [0.5, 0.6) is 5.75 Å². The van der Waals surface area contributed by atoms with Gasteiger partial charge < -0.3 is 15.2 Å². The molecule has 6 heteroatoms. The monoisotopic (exact) mass is 355 g/mol. The van der Waals surface area contributed by atoms with E-state index in [0.717, 1.165) is 11.1 Å². The molecule has 0 aliphatic carbocycles. The van der Waals surface area contributed by atoms with Crippen LogP contribution in [0.4, 0.5) is 0 Å². The van der Waals surface area contributed by atoms with Crippen LogP contribution in [0.25, 0.3) is 0 Å². The Balaban J connectivity index is 2.05. The minimum atomic E-state index is -1.16. The van der Waals surface area contributed by atoms with Gasteiger partial charge in [-0.2, -0.15) is 0 Å². The maximum Gasteiger partial charge on any atom is 0.330 e. The molecule has 1 atom stereocenters. The molecule has 2 aromatic rings. The smallest absolute Gasteiger partial charge is 0.330 e.